The first-order chi connectivity index (χ1) is 16.6. The van der Waals surface area contributed by atoms with E-state index in [1.807, 2.05) is 66.7 Å². The molecule has 2 N–H and O–H groups in total. The fraction of sp³-hybridized carbons (Fsp3) is 0.179. The average Bonchev–Trinajstić information content (AvgIpc) is 2.87. The molecule has 1 atom stereocenters. The molecule has 0 radical (unpaired) electrons. The Morgan fingerprint density at radius 1 is 1.09 bits per heavy atom. The molecule has 0 amide bonds. The van der Waals surface area contributed by atoms with E-state index in [2.05, 4.69) is 17.6 Å². The number of hydrogen-bond acceptors (Lipinski definition) is 5. The highest BCUT2D eigenvalue weighted by Gasteiger charge is 2.28. The highest BCUT2D eigenvalue weighted by molar-refractivity contribution is 6.43. The van der Waals surface area contributed by atoms with Gasteiger partial charge in [-0.05, 0) is 77.6 Å². The number of rotatable bonds is 9. The molecule has 0 saturated carbocycles. The van der Waals surface area contributed by atoms with Crippen LogP contribution >= 0.6 is 0 Å². The lowest BCUT2D eigenvalue weighted by atomic mass is 9.78. The van der Waals surface area contributed by atoms with E-state index < -0.39 is 7.12 Å². The van der Waals surface area contributed by atoms with Crippen molar-refractivity contribution in [2.75, 3.05) is 6.61 Å². The first-order valence-electron chi connectivity index (χ1n) is 11.4. The highest BCUT2D eigenvalue weighted by atomic mass is 16.5. The van der Waals surface area contributed by atoms with Gasteiger partial charge in [0, 0.05) is 12.5 Å². The molecule has 0 spiro atoms. The van der Waals surface area contributed by atoms with Gasteiger partial charge in [0.05, 0.1) is 11.8 Å². The molecule has 2 aromatic carbocycles. The maximum atomic E-state index is 10.2. The van der Waals surface area contributed by atoms with Gasteiger partial charge in [-0.2, -0.15) is 0 Å². The number of aromatic nitrogens is 1. The zero-order valence-corrected chi connectivity index (χ0v) is 19.0. The van der Waals surface area contributed by atoms with Crippen molar-refractivity contribution < 1.29 is 19.5 Å². The summed E-state index contributed by atoms with van der Waals surface area (Å²) in [6, 6.07) is 22.5. The third-order valence-corrected chi connectivity index (χ3v) is 5.68. The number of ether oxygens (including phenoxy) is 1. The largest absolute Gasteiger partial charge is 0.508 e. The molecule has 6 heteroatoms. The van der Waals surface area contributed by atoms with Crippen LogP contribution in [-0.4, -0.2) is 34.9 Å². The topological polar surface area (TPSA) is 71.8 Å². The van der Waals surface area contributed by atoms with Gasteiger partial charge in [-0.1, -0.05) is 49.1 Å². The molecule has 4 rings (SSSR count). The van der Waals surface area contributed by atoms with Crippen LogP contribution in [-0.2, 0) is 4.65 Å². The van der Waals surface area contributed by atoms with Gasteiger partial charge < -0.3 is 19.5 Å². The van der Waals surface area contributed by atoms with Crippen LogP contribution in [0.1, 0.15) is 24.1 Å². The van der Waals surface area contributed by atoms with E-state index in [0.717, 1.165) is 33.7 Å². The highest BCUT2D eigenvalue weighted by Crippen LogP contribution is 2.30. The summed E-state index contributed by atoms with van der Waals surface area (Å²) in [5.41, 5.74) is 4.69. The Morgan fingerprint density at radius 3 is 2.59 bits per heavy atom. The van der Waals surface area contributed by atoms with Crippen LogP contribution in [0.25, 0.3) is 11.6 Å². The van der Waals surface area contributed by atoms with Gasteiger partial charge in [0.1, 0.15) is 18.1 Å². The van der Waals surface area contributed by atoms with Crippen molar-refractivity contribution in [1.29, 1.82) is 0 Å². The number of benzene rings is 2. The Balaban J connectivity index is 1.49. The molecular weight excluding hydrogens is 425 g/mol. The van der Waals surface area contributed by atoms with Crippen LogP contribution in [0.3, 0.4) is 0 Å². The molecule has 2 heterocycles. The number of nitrogens with zero attached hydrogens (tertiary/aromatic N) is 1. The number of hydrogen-bond donors (Lipinski definition) is 2. The number of allylic oxidation sites excluding steroid dienone is 2. The normalized spacial score (nSPS) is 16.1. The van der Waals surface area contributed by atoms with Crippen molar-refractivity contribution in [3.05, 3.63) is 114 Å². The van der Waals surface area contributed by atoms with Crippen LogP contribution in [0.2, 0.25) is 6.32 Å². The van der Waals surface area contributed by atoms with Crippen molar-refractivity contribution in [1.82, 2.24) is 4.98 Å². The first-order valence-corrected chi connectivity index (χ1v) is 11.4. The van der Waals surface area contributed by atoms with Crippen molar-refractivity contribution in [3.8, 4) is 11.5 Å². The quantitative estimate of drug-likeness (QED) is 0.416. The predicted molar refractivity (Wildman–Crippen MR) is 136 cm³/mol. The summed E-state index contributed by atoms with van der Waals surface area (Å²) in [7, 11) is -0.837. The molecule has 0 bridgehead atoms. The molecule has 0 fully saturated rings. The molecule has 1 aromatic heterocycles. The van der Waals surface area contributed by atoms with E-state index in [-0.39, 0.29) is 11.9 Å². The Hall–Kier alpha value is -3.61. The SMILES string of the molecule is C=C(COc1ccccc1)C1=CCB(O)OC1CC/C(=C/c1ccc(O)cc1)c1ccccn1. The maximum absolute atomic E-state index is 10.2. The first kappa shape index (κ1) is 23.5. The lowest BCUT2D eigenvalue weighted by molar-refractivity contribution is 0.182. The zero-order chi connectivity index (χ0) is 23.8. The van der Waals surface area contributed by atoms with Gasteiger partial charge in [0.2, 0.25) is 0 Å². The molecule has 1 aliphatic heterocycles. The number of pyridine rings is 1. The molecule has 1 aliphatic rings. The summed E-state index contributed by atoms with van der Waals surface area (Å²) in [6.07, 6.45) is 7.29. The monoisotopic (exact) mass is 453 g/mol. The molecule has 3 aromatic rings. The van der Waals surface area contributed by atoms with Gasteiger partial charge in [0.25, 0.3) is 0 Å². The summed E-state index contributed by atoms with van der Waals surface area (Å²) in [5, 5.41) is 19.8. The second-order valence-corrected chi connectivity index (χ2v) is 8.19. The lowest BCUT2D eigenvalue weighted by Crippen LogP contribution is -2.32. The van der Waals surface area contributed by atoms with Gasteiger partial charge in [-0.25, -0.2) is 0 Å². The minimum Gasteiger partial charge on any atom is -0.508 e. The van der Waals surface area contributed by atoms with Crippen molar-refractivity contribution >= 4 is 18.8 Å². The molecule has 0 aliphatic carbocycles. The average molecular weight is 453 g/mol. The van der Waals surface area contributed by atoms with Crippen LogP contribution in [0.4, 0.5) is 0 Å². The Morgan fingerprint density at radius 2 is 1.85 bits per heavy atom. The summed E-state index contributed by atoms with van der Waals surface area (Å²) in [6.45, 7) is 4.57. The number of phenolic OH excluding ortho intramolecular Hbond substituents is 1. The van der Waals surface area contributed by atoms with Gasteiger partial charge in [-0.3, -0.25) is 4.98 Å². The Bertz CT molecular complexity index is 1140. The third kappa shape index (κ3) is 6.47. The van der Waals surface area contributed by atoms with Gasteiger partial charge >= 0.3 is 7.12 Å². The summed E-state index contributed by atoms with van der Waals surface area (Å²) < 4.78 is 11.8. The number of para-hydroxylation sites is 1. The maximum Gasteiger partial charge on any atom is 0.458 e. The van der Waals surface area contributed by atoms with E-state index in [4.69, 9.17) is 9.39 Å². The Kier molecular flexibility index (Phi) is 7.97. The smallest absolute Gasteiger partial charge is 0.458 e. The van der Waals surface area contributed by atoms with E-state index in [0.29, 0.717) is 25.8 Å². The molecule has 5 nitrogen and oxygen atoms in total. The van der Waals surface area contributed by atoms with Gasteiger partial charge in [-0.15, -0.1) is 0 Å². The second kappa shape index (κ2) is 11.5. The third-order valence-electron chi connectivity index (χ3n) is 5.68. The lowest BCUT2D eigenvalue weighted by Gasteiger charge is -2.28. The summed E-state index contributed by atoms with van der Waals surface area (Å²) >= 11 is 0. The molecule has 172 valence electrons. The summed E-state index contributed by atoms with van der Waals surface area (Å²) in [4.78, 5) is 4.53. The minimum absolute atomic E-state index is 0.229. The van der Waals surface area contributed by atoms with Crippen molar-refractivity contribution in [3.63, 3.8) is 0 Å². The number of phenols is 1. The fourth-order valence-corrected chi connectivity index (χ4v) is 3.93. The second-order valence-electron chi connectivity index (χ2n) is 8.19. The molecule has 1 unspecified atom stereocenters. The molecule has 0 saturated heterocycles. The Labute approximate surface area is 200 Å². The van der Waals surface area contributed by atoms with E-state index in [1.165, 1.54) is 0 Å². The van der Waals surface area contributed by atoms with Crippen LogP contribution < -0.4 is 4.74 Å². The fourth-order valence-electron chi connectivity index (χ4n) is 3.93. The van der Waals surface area contributed by atoms with E-state index >= 15 is 0 Å². The van der Waals surface area contributed by atoms with Crippen molar-refractivity contribution in [2.45, 2.75) is 25.3 Å². The predicted octanol–water partition coefficient (Wildman–Crippen LogP) is 5.55. The van der Waals surface area contributed by atoms with E-state index in [9.17, 15) is 10.1 Å². The standard InChI is InChI=1S/C28H28BNO4/c1-21(20-33-25-7-3-2-4-8-25)26-16-17-29(32)34-28(26)15-12-23(27-9-5-6-18-30-27)19-22-10-13-24(31)14-11-22/h2-11,13-14,16,18-19,28,31-32H,1,12,15,17,20H2/b23-19-. The zero-order valence-electron chi connectivity index (χ0n) is 19.0. The van der Waals surface area contributed by atoms with Crippen LogP contribution in [0.5, 0.6) is 11.5 Å². The van der Waals surface area contributed by atoms with Crippen molar-refractivity contribution in [2.24, 2.45) is 0 Å². The van der Waals surface area contributed by atoms with Crippen LogP contribution in [0, 0.1) is 0 Å². The van der Waals surface area contributed by atoms with E-state index in [1.54, 1.807) is 18.3 Å². The minimum atomic E-state index is -0.837. The molecule has 34 heavy (non-hydrogen) atoms. The number of aromatic hydroxyl groups is 1. The summed E-state index contributed by atoms with van der Waals surface area (Å²) in [5.74, 6) is 1.01. The molecular formula is C28H28BNO4. The van der Waals surface area contributed by atoms with Crippen LogP contribution in [0.15, 0.2) is 103 Å². The van der Waals surface area contributed by atoms with Gasteiger partial charge in [0.15, 0.2) is 0 Å².